The van der Waals surface area contributed by atoms with Crippen molar-refractivity contribution in [2.24, 2.45) is 5.73 Å². The van der Waals surface area contributed by atoms with Gasteiger partial charge in [-0.25, -0.2) is 0 Å². The van der Waals surface area contributed by atoms with Crippen LogP contribution in [0.3, 0.4) is 0 Å². The van der Waals surface area contributed by atoms with E-state index in [-0.39, 0.29) is 30.6 Å². The summed E-state index contributed by atoms with van der Waals surface area (Å²) in [5.41, 5.74) is 6.40. The Morgan fingerprint density at radius 2 is 1.72 bits per heavy atom. The van der Waals surface area contributed by atoms with Crippen molar-refractivity contribution >= 4 is 23.7 Å². The van der Waals surface area contributed by atoms with Crippen molar-refractivity contribution in [1.82, 2.24) is 16.0 Å². The van der Waals surface area contributed by atoms with Crippen LogP contribution in [0.1, 0.15) is 51.0 Å². The number of nitrogens with two attached hydrogens (primary N) is 1. The van der Waals surface area contributed by atoms with E-state index in [9.17, 15) is 19.2 Å². The third kappa shape index (κ3) is 12.9. The molecule has 1 rings (SSSR count). The summed E-state index contributed by atoms with van der Waals surface area (Å²) in [4.78, 5) is 48.9. The fourth-order valence-electron chi connectivity index (χ4n) is 3.43. The molecule has 10 heteroatoms. The first kappa shape index (κ1) is 30.6. The smallest absolute Gasteiger partial charge is 0.305 e. The van der Waals surface area contributed by atoms with Crippen molar-refractivity contribution in [3.05, 3.63) is 42.5 Å². The van der Waals surface area contributed by atoms with E-state index in [1.54, 1.807) is 18.2 Å². The average molecular weight is 505 g/mol. The van der Waals surface area contributed by atoms with E-state index in [2.05, 4.69) is 27.3 Å². The van der Waals surface area contributed by atoms with E-state index in [1.807, 2.05) is 12.1 Å². The number of carbonyl (C=O) groups excluding carboxylic acids is 4. The van der Waals surface area contributed by atoms with Crippen LogP contribution in [0.25, 0.3) is 0 Å². The first-order valence-corrected chi connectivity index (χ1v) is 12.2. The summed E-state index contributed by atoms with van der Waals surface area (Å²) < 4.78 is 10.1. The molecular weight excluding hydrogens is 464 g/mol. The van der Waals surface area contributed by atoms with Crippen LogP contribution in [0.15, 0.2) is 36.9 Å². The number of hydrogen-bond acceptors (Lipinski definition) is 7. The van der Waals surface area contributed by atoms with E-state index in [1.165, 1.54) is 14.0 Å². The number of nitrogens with one attached hydrogen (secondary N) is 3. The highest BCUT2D eigenvalue weighted by Gasteiger charge is 2.26. The topological polar surface area (TPSA) is 149 Å². The molecule has 0 aromatic heterocycles. The molecule has 0 saturated carbocycles. The minimum absolute atomic E-state index is 0.248. The van der Waals surface area contributed by atoms with Crippen molar-refractivity contribution < 1.29 is 28.7 Å². The first-order chi connectivity index (χ1) is 17.3. The van der Waals surface area contributed by atoms with Gasteiger partial charge >= 0.3 is 5.97 Å². The maximum atomic E-state index is 13.1. The molecule has 0 unspecified atom stereocenters. The number of esters is 1. The summed E-state index contributed by atoms with van der Waals surface area (Å²) in [5.74, 6) is -0.742. The minimum Gasteiger partial charge on any atom is -0.490 e. The highest BCUT2D eigenvalue weighted by molar-refractivity contribution is 5.91. The molecule has 0 fully saturated rings. The van der Waals surface area contributed by atoms with Crippen LogP contribution in [0.4, 0.5) is 0 Å². The molecule has 10 nitrogen and oxygen atoms in total. The zero-order valence-electron chi connectivity index (χ0n) is 21.3. The summed E-state index contributed by atoms with van der Waals surface area (Å²) in [6.45, 7) is 6.19. The lowest BCUT2D eigenvalue weighted by atomic mass is 10.0. The maximum Gasteiger partial charge on any atom is 0.305 e. The number of carbonyl (C=O) groups is 4. The van der Waals surface area contributed by atoms with Gasteiger partial charge in [-0.15, -0.1) is 0 Å². The minimum atomic E-state index is -0.854. The van der Waals surface area contributed by atoms with Gasteiger partial charge in [0.1, 0.15) is 24.4 Å². The van der Waals surface area contributed by atoms with Gasteiger partial charge in [-0.2, -0.15) is 0 Å². The monoisotopic (exact) mass is 504 g/mol. The van der Waals surface area contributed by atoms with Crippen molar-refractivity contribution in [1.29, 1.82) is 0 Å². The normalized spacial score (nSPS) is 12.1. The number of hydrogen-bond donors (Lipinski definition) is 4. The standard InChI is InChI=1S/C26H40N4O6/c1-4-17-36-21-13-11-20(12-14-21)18-23(29-19(2)31)26(34)30-22(9-5-7-15-27)25(33)28-16-8-6-10-24(32)35-3/h4,11-14,22-23H,1,5-10,15-18,27H2,2-3H3,(H,28,33)(H,29,31)(H,30,34)/t22-,23-/m0/s1. The van der Waals surface area contributed by atoms with Crippen molar-refractivity contribution in [2.45, 2.75) is 64.0 Å². The molecule has 1 aromatic carbocycles. The van der Waals surface area contributed by atoms with E-state index < -0.39 is 18.0 Å². The van der Waals surface area contributed by atoms with Crippen molar-refractivity contribution in [3.63, 3.8) is 0 Å². The van der Waals surface area contributed by atoms with Gasteiger partial charge in [0.2, 0.25) is 17.7 Å². The summed E-state index contributed by atoms with van der Waals surface area (Å²) in [6, 6.07) is 5.58. The van der Waals surface area contributed by atoms with Crippen LogP contribution in [0.5, 0.6) is 5.75 Å². The van der Waals surface area contributed by atoms with Crippen LogP contribution in [0.2, 0.25) is 0 Å². The molecule has 0 spiro atoms. The molecule has 0 aliphatic heterocycles. The molecule has 5 N–H and O–H groups in total. The Morgan fingerprint density at radius 1 is 1.00 bits per heavy atom. The van der Waals surface area contributed by atoms with Crippen LogP contribution in [0, 0.1) is 0 Å². The Morgan fingerprint density at radius 3 is 2.33 bits per heavy atom. The third-order valence-electron chi connectivity index (χ3n) is 5.34. The lowest BCUT2D eigenvalue weighted by Crippen LogP contribution is -2.54. The van der Waals surface area contributed by atoms with E-state index in [4.69, 9.17) is 10.5 Å². The molecule has 200 valence electrons. The Balaban J connectivity index is 2.78. The molecule has 36 heavy (non-hydrogen) atoms. The number of ether oxygens (including phenoxy) is 2. The van der Waals surface area contributed by atoms with Crippen LogP contribution in [-0.4, -0.2) is 62.6 Å². The molecule has 3 amide bonds. The average Bonchev–Trinajstić information content (AvgIpc) is 2.86. The number of amides is 3. The van der Waals surface area contributed by atoms with Gasteiger partial charge in [0.15, 0.2) is 0 Å². The van der Waals surface area contributed by atoms with Gasteiger partial charge in [-0.05, 0) is 56.3 Å². The highest BCUT2D eigenvalue weighted by Crippen LogP contribution is 2.14. The Hall–Kier alpha value is -3.40. The number of unbranched alkanes of at least 4 members (excludes halogenated alkanes) is 2. The number of methoxy groups -OCH3 is 1. The van der Waals surface area contributed by atoms with E-state index >= 15 is 0 Å². The van der Waals surface area contributed by atoms with E-state index in [0.29, 0.717) is 57.6 Å². The van der Waals surface area contributed by atoms with Crippen LogP contribution in [-0.2, 0) is 30.3 Å². The largest absolute Gasteiger partial charge is 0.490 e. The number of rotatable bonds is 18. The quantitative estimate of drug-likeness (QED) is 0.134. The molecule has 1 aromatic rings. The van der Waals surface area contributed by atoms with Gasteiger partial charge in [0.25, 0.3) is 0 Å². The molecular formula is C26H40N4O6. The van der Waals surface area contributed by atoms with Crippen LogP contribution >= 0.6 is 0 Å². The summed E-state index contributed by atoms with van der Waals surface area (Å²) in [5, 5.41) is 8.28. The zero-order valence-corrected chi connectivity index (χ0v) is 21.3. The summed E-state index contributed by atoms with van der Waals surface area (Å²) >= 11 is 0. The summed E-state index contributed by atoms with van der Waals surface area (Å²) in [7, 11) is 1.33. The van der Waals surface area contributed by atoms with Gasteiger partial charge in [-0.3, -0.25) is 19.2 Å². The third-order valence-corrected chi connectivity index (χ3v) is 5.34. The summed E-state index contributed by atoms with van der Waals surface area (Å²) in [6.07, 6.45) is 5.15. The van der Waals surface area contributed by atoms with E-state index in [0.717, 1.165) is 5.56 Å². The molecule has 0 aliphatic rings. The van der Waals surface area contributed by atoms with Gasteiger partial charge in [-0.1, -0.05) is 24.8 Å². The van der Waals surface area contributed by atoms with Crippen LogP contribution < -0.4 is 26.4 Å². The van der Waals surface area contributed by atoms with Crippen molar-refractivity contribution in [3.8, 4) is 5.75 Å². The molecule has 0 aliphatic carbocycles. The van der Waals surface area contributed by atoms with Gasteiger partial charge in [0.05, 0.1) is 7.11 Å². The maximum absolute atomic E-state index is 13.1. The Kier molecular flexibility index (Phi) is 15.3. The second-order valence-corrected chi connectivity index (χ2v) is 8.37. The van der Waals surface area contributed by atoms with Gasteiger partial charge in [0, 0.05) is 26.3 Å². The fourth-order valence-corrected chi connectivity index (χ4v) is 3.43. The second kappa shape index (κ2) is 18.0. The molecule has 0 bridgehead atoms. The molecule has 2 atom stereocenters. The zero-order chi connectivity index (χ0) is 26.8. The lowest BCUT2D eigenvalue weighted by Gasteiger charge is -2.23. The van der Waals surface area contributed by atoms with Crippen molar-refractivity contribution in [2.75, 3.05) is 26.8 Å². The molecule has 0 heterocycles. The second-order valence-electron chi connectivity index (χ2n) is 8.37. The fraction of sp³-hybridized carbons (Fsp3) is 0.538. The SMILES string of the molecule is C=CCOc1ccc(C[C@H](NC(C)=O)C(=O)N[C@@H](CCCCN)C(=O)NCCCCC(=O)OC)cc1. The predicted molar refractivity (Wildman–Crippen MR) is 137 cm³/mol. The predicted octanol–water partition coefficient (Wildman–Crippen LogP) is 1.37. The lowest BCUT2D eigenvalue weighted by molar-refractivity contribution is -0.140. The first-order valence-electron chi connectivity index (χ1n) is 12.2. The molecule has 0 saturated heterocycles. The number of benzene rings is 1. The Labute approximate surface area is 213 Å². The Bertz CT molecular complexity index is 843. The van der Waals surface area contributed by atoms with Gasteiger partial charge < -0.3 is 31.2 Å². The molecule has 0 radical (unpaired) electrons. The highest BCUT2D eigenvalue weighted by atomic mass is 16.5.